The van der Waals surface area contributed by atoms with Crippen LogP contribution in [0.4, 0.5) is 11.4 Å². The maximum Gasteiger partial charge on any atom is 0.323 e. The zero-order chi connectivity index (χ0) is 15.5. The molecule has 0 unspecified atom stereocenters. The number of carboxylic acid groups (broad SMARTS) is 1. The van der Waals surface area contributed by atoms with Gasteiger partial charge in [-0.2, -0.15) is 5.26 Å². The van der Waals surface area contributed by atoms with Crippen molar-refractivity contribution in [3.63, 3.8) is 0 Å². The quantitative estimate of drug-likeness (QED) is 0.667. The van der Waals surface area contributed by atoms with Crippen LogP contribution in [-0.2, 0) is 4.79 Å². The average Bonchev–Trinajstić information content (AvgIpc) is 2.33. The second-order valence-electron chi connectivity index (χ2n) is 5.22. The Kier molecular flexibility index (Phi) is 4.30. The van der Waals surface area contributed by atoms with Crippen molar-refractivity contribution in [2.45, 2.75) is 26.3 Å². The van der Waals surface area contributed by atoms with E-state index in [1.807, 2.05) is 6.07 Å². The molecule has 1 aromatic carbocycles. The lowest BCUT2D eigenvalue weighted by molar-refractivity contribution is -0.384. The topological polar surface area (TPSA) is 107 Å². The fourth-order valence-corrected chi connectivity index (χ4v) is 1.79. The molecule has 7 heteroatoms. The highest BCUT2D eigenvalue weighted by molar-refractivity contribution is 5.77. The largest absolute Gasteiger partial charge is 0.480 e. The Labute approximate surface area is 116 Å². The van der Waals surface area contributed by atoms with E-state index in [4.69, 9.17) is 10.4 Å². The van der Waals surface area contributed by atoms with Crippen molar-refractivity contribution in [1.82, 2.24) is 0 Å². The van der Waals surface area contributed by atoms with Crippen LogP contribution in [-0.4, -0.2) is 28.1 Å². The van der Waals surface area contributed by atoms with Crippen LogP contribution in [0.25, 0.3) is 0 Å². The molecule has 0 aliphatic carbocycles. The number of hydrogen-bond acceptors (Lipinski definition) is 5. The number of anilines is 1. The van der Waals surface area contributed by atoms with Gasteiger partial charge in [0.15, 0.2) is 0 Å². The van der Waals surface area contributed by atoms with Gasteiger partial charge in [-0.15, -0.1) is 0 Å². The van der Waals surface area contributed by atoms with Gasteiger partial charge in [0, 0.05) is 11.6 Å². The summed E-state index contributed by atoms with van der Waals surface area (Å²) in [5.74, 6) is -1.08. The van der Waals surface area contributed by atoms with Crippen LogP contribution >= 0.6 is 0 Å². The Hall–Kier alpha value is -2.62. The lowest BCUT2D eigenvalue weighted by Crippen LogP contribution is -2.45. The first kappa shape index (κ1) is 15.4. The molecular formula is C13H15N3O4. The minimum atomic E-state index is -1.08. The number of carbonyl (C=O) groups is 1. The zero-order valence-corrected chi connectivity index (χ0v) is 11.5. The predicted molar refractivity (Wildman–Crippen MR) is 72.5 cm³/mol. The number of nitriles is 1. The molecule has 0 fully saturated rings. The van der Waals surface area contributed by atoms with E-state index in [1.54, 1.807) is 20.8 Å². The van der Waals surface area contributed by atoms with E-state index in [0.29, 0.717) is 0 Å². The Bertz CT molecular complexity index is 584. The first-order valence-electron chi connectivity index (χ1n) is 5.85. The molecule has 0 bridgehead atoms. The van der Waals surface area contributed by atoms with Gasteiger partial charge in [0.05, 0.1) is 16.6 Å². The molecule has 0 saturated carbocycles. The highest BCUT2D eigenvalue weighted by Gasteiger charge is 2.29. The molecule has 0 radical (unpaired) electrons. The Morgan fingerprint density at radius 1 is 1.50 bits per heavy atom. The van der Waals surface area contributed by atoms with Crippen molar-refractivity contribution in [1.29, 1.82) is 5.26 Å². The van der Waals surface area contributed by atoms with Crippen molar-refractivity contribution in [2.75, 3.05) is 11.4 Å². The Balaban J connectivity index is 3.44. The zero-order valence-electron chi connectivity index (χ0n) is 11.5. The summed E-state index contributed by atoms with van der Waals surface area (Å²) in [5.41, 5.74) is -0.550. The van der Waals surface area contributed by atoms with Gasteiger partial charge in [-0.25, -0.2) is 0 Å². The molecule has 0 heterocycles. The van der Waals surface area contributed by atoms with Gasteiger partial charge in [-0.1, -0.05) is 0 Å². The number of nitro benzene ring substituents is 1. The number of hydrogen-bond donors (Lipinski definition) is 1. The van der Waals surface area contributed by atoms with Crippen molar-refractivity contribution in [3.8, 4) is 6.07 Å². The molecule has 0 atom stereocenters. The number of aliphatic carboxylic acids is 1. The van der Waals surface area contributed by atoms with Crippen LogP contribution in [0.2, 0.25) is 0 Å². The van der Waals surface area contributed by atoms with E-state index < -0.39 is 16.4 Å². The lowest BCUT2D eigenvalue weighted by Gasteiger charge is -2.36. The Morgan fingerprint density at radius 3 is 2.50 bits per heavy atom. The number of rotatable bonds is 4. The molecule has 20 heavy (non-hydrogen) atoms. The summed E-state index contributed by atoms with van der Waals surface area (Å²) in [4.78, 5) is 22.9. The summed E-state index contributed by atoms with van der Waals surface area (Å²) in [6.07, 6.45) is 0. The van der Waals surface area contributed by atoms with Gasteiger partial charge in [-0.3, -0.25) is 14.9 Å². The number of nitro groups is 1. The Morgan fingerprint density at radius 2 is 2.10 bits per heavy atom. The highest BCUT2D eigenvalue weighted by Crippen LogP contribution is 2.33. The highest BCUT2D eigenvalue weighted by atomic mass is 16.6. The maximum absolute atomic E-state index is 11.1. The lowest BCUT2D eigenvalue weighted by atomic mass is 10.0. The number of benzene rings is 1. The average molecular weight is 277 g/mol. The molecule has 1 aromatic rings. The second-order valence-corrected chi connectivity index (χ2v) is 5.22. The van der Waals surface area contributed by atoms with Gasteiger partial charge < -0.3 is 10.0 Å². The monoisotopic (exact) mass is 277 g/mol. The standard InChI is InChI=1S/C13H15N3O4/c1-13(2,3)15(8-12(17)18)10-5-4-9(7-14)6-11(10)16(19)20/h4-6H,8H2,1-3H3,(H,17,18). The third-order valence-corrected chi connectivity index (χ3v) is 2.70. The van der Waals surface area contributed by atoms with E-state index in [0.717, 1.165) is 6.07 Å². The summed E-state index contributed by atoms with van der Waals surface area (Å²) in [5, 5.41) is 28.9. The van der Waals surface area contributed by atoms with Crippen LogP contribution in [0.1, 0.15) is 26.3 Å². The molecule has 0 amide bonds. The smallest absolute Gasteiger partial charge is 0.323 e. The molecule has 0 aliphatic rings. The number of carboxylic acids is 1. The fourth-order valence-electron chi connectivity index (χ4n) is 1.79. The molecule has 1 rings (SSSR count). The molecule has 0 aromatic heterocycles. The van der Waals surface area contributed by atoms with Crippen LogP contribution < -0.4 is 4.90 Å². The summed E-state index contributed by atoms with van der Waals surface area (Å²) in [7, 11) is 0. The fraction of sp³-hybridized carbons (Fsp3) is 0.385. The summed E-state index contributed by atoms with van der Waals surface area (Å²) in [6.45, 7) is 4.92. The van der Waals surface area contributed by atoms with E-state index in [2.05, 4.69) is 0 Å². The molecule has 0 aliphatic heterocycles. The second kappa shape index (κ2) is 5.57. The molecule has 106 valence electrons. The van der Waals surface area contributed by atoms with Crippen molar-refractivity contribution in [3.05, 3.63) is 33.9 Å². The normalized spacial score (nSPS) is 10.7. The van der Waals surface area contributed by atoms with E-state index in [9.17, 15) is 14.9 Å². The van der Waals surface area contributed by atoms with Crippen molar-refractivity contribution in [2.24, 2.45) is 0 Å². The molecular weight excluding hydrogens is 262 g/mol. The SMILES string of the molecule is CC(C)(C)N(CC(=O)O)c1ccc(C#N)cc1[N+](=O)[O-]. The molecule has 7 nitrogen and oxygen atoms in total. The van der Waals surface area contributed by atoms with E-state index in [-0.39, 0.29) is 23.5 Å². The van der Waals surface area contributed by atoms with Gasteiger partial charge in [0.25, 0.3) is 5.69 Å². The van der Waals surface area contributed by atoms with Gasteiger partial charge in [0.1, 0.15) is 12.2 Å². The summed E-state index contributed by atoms with van der Waals surface area (Å²) < 4.78 is 0. The molecule has 0 spiro atoms. The van der Waals surface area contributed by atoms with Crippen LogP contribution in [0, 0.1) is 21.4 Å². The number of nitrogens with zero attached hydrogens (tertiary/aromatic N) is 3. The maximum atomic E-state index is 11.1. The predicted octanol–water partition coefficient (Wildman–Crippen LogP) is 2.16. The van der Waals surface area contributed by atoms with Gasteiger partial charge in [0.2, 0.25) is 0 Å². The van der Waals surface area contributed by atoms with Crippen molar-refractivity contribution < 1.29 is 14.8 Å². The van der Waals surface area contributed by atoms with Crippen LogP contribution in [0.5, 0.6) is 0 Å². The van der Waals surface area contributed by atoms with Crippen molar-refractivity contribution >= 4 is 17.3 Å². The van der Waals surface area contributed by atoms with Crippen LogP contribution in [0.3, 0.4) is 0 Å². The van der Waals surface area contributed by atoms with Crippen LogP contribution in [0.15, 0.2) is 18.2 Å². The van der Waals surface area contributed by atoms with E-state index in [1.165, 1.54) is 17.0 Å². The van der Waals surface area contributed by atoms with Gasteiger partial charge >= 0.3 is 5.97 Å². The minimum Gasteiger partial charge on any atom is -0.480 e. The first-order chi connectivity index (χ1) is 9.16. The molecule has 1 N–H and O–H groups in total. The first-order valence-corrected chi connectivity index (χ1v) is 5.85. The van der Waals surface area contributed by atoms with Gasteiger partial charge in [-0.05, 0) is 32.9 Å². The third-order valence-electron chi connectivity index (χ3n) is 2.70. The molecule has 0 saturated heterocycles. The summed E-state index contributed by atoms with van der Waals surface area (Å²) in [6, 6.07) is 5.82. The third kappa shape index (κ3) is 3.45. The van der Waals surface area contributed by atoms with E-state index >= 15 is 0 Å². The summed E-state index contributed by atoms with van der Waals surface area (Å²) >= 11 is 0. The minimum absolute atomic E-state index is 0.157.